The van der Waals surface area contributed by atoms with E-state index in [1.165, 1.54) is 45.4 Å². The van der Waals surface area contributed by atoms with Crippen molar-refractivity contribution in [3.8, 4) is 11.1 Å². The molecule has 1 aliphatic rings. The Morgan fingerprint density at radius 1 is 0.719 bits per heavy atom. The zero-order valence-electron chi connectivity index (χ0n) is 21.0. The Kier molecular flexibility index (Phi) is 6.22. The lowest BCUT2D eigenvalue weighted by atomic mass is 9.90. The van der Waals surface area contributed by atoms with Gasteiger partial charge in [0.1, 0.15) is 0 Å². The lowest BCUT2D eigenvalue weighted by Crippen LogP contribution is -2.45. The molecule has 1 aliphatic carbocycles. The van der Waals surface area contributed by atoms with Crippen LogP contribution in [-0.2, 0) is 12.8 Å². The Morgan fingerprint density at radius 2 is 1.34 bits per heavy atom. The summed E-state index contributed by atoms with van der Waals surface area (Å²) in [6.45, 7) is 17.2. The molecule has 3 aromatic carbocycles. The Hall–Kier alpha value is -2.17. The number of fused-ring (bicyclic) bond motifs is 1. The predicted octanol–water partition coefficient (Wildman–Crippen LogP) is 7.49. The zero-order chi connectivity index (χ0) is 23.1. The first-order valence-corrected chi connectivity index (χ1v) is 19.1. The summed E-state index contributed by atoms with van der Waals surface area (Å²) in [7, 11) is -2.86. The van der Waals surface area contributed by atoms with Crippen molar-refractivity contribution in [3.63, 3.8) is 0 Å². The van der Waals surface area contributed by atoms with Gasteiger partial charge in [-0.15, -0.1) is 0 Å². The van der Waals surface area contributed by atoms with Gasteiger partial charge >= 0.3 is 0 Å². The first kappa shape index (κ1) is 23.0. The van der Waals surface area contributed by atoms with Gasteiger partial charge in [0, 0.05) is 0 Å². The van der Waals surface area contributed by atoms with E-state index in [4.69, 9.17) is 0 Å². The maximum absolute atomic E-state index is 2.55. The second kappa shape index (κ2) is 8.64. The number of benzene rings is 3. The van der Waals surface area contributed by atoms with Crippen LogP contribution < -0.4 is 10.4 Å². The number of rotatable bonds is 6. The highest BCUT2D eigenvalue weighted by Crippen LogP contribution is 2.40. The van der Waals surface area contributed by atoms with Crippen LogP contribution in [0.15, 0.2) is 60.7 Å². The second-order valence-electron chi connectivity index (χ2n) is 11.4. The smallest absolute Gasteiger partial charge is 0.0656 e. The highest BCUT2D eigenvalue weighted by molar-refractivity contribution is 6.91. The molecule has 0 unspecified atom stereocenters. The lowest BCUT2D eigenvalue weighted by Gasteiger charge is -2.25. The van der Waals surface area contributed by atoms with E-state index in [0.29, 0.717) is 0 Å². The van der Waals surface area contributed by atoms with Gasteiger partial charge in [0.15, 0.2) is 0 Å². The molecule has 0 saturated carbocycles. The maximum Gasteiger partial charge on any atom is 0.0776 e. The number of hydrogen-bond acceptors (Lipinski definition) is 0. The van der Waals surface area contributed by atoms with Crippen LogP contribution in [-0.4, -0.2) is 16.1 Å². The molecule has 0 heterocycles. The summed E-state index contributed by atoms with van der Waals surface area (Å²) >= 11 is 0. The normalized spacial score (nSPS) is 13.8. The molecule has 32 heavy (non-hydrogen) atoms. The van der Waals surface area contributed by atoms with Crippen molar-refractivity contribution in [2.45, 2.75) is 65.5 Å². The molecule has 0 radical (unpaired) electrons. The summed E-state index contributed by atoms with van der Waals surface area (Å²) in [4.78, 5) is 0. The number of allylic oxidation sites excluding steroid dienone is 1. The van der Waals surface area contributed by atoms with Crippen LogP contribution in [0.5, 0.6) is 0 Å². The fourth-order valence-electron chi connectivity index (χ4n) is 4.75. The van der Waals surface area contributed by atoms with Crippen LogP contribution in [0.25, 0.3) is 22.8 Å². The summed E-state index contributed by atoms with van der Waals surface area (Å²) in [5.74, 6) is 0. The molecule has 0 spiro atoms. The predicted molar refractivity (Wildman–Crippen MR) is 150 cm³/mol. The van der Waals surface area contributed by atoms with Gasteiger partial charge in [0.25, 0.3) is 0 Å². The van der Waals surface area contributed by atoms with Crippen molar-refractivity contribution < 1.29 is 0 Å². The van der Waals surface area contributed by atoms with Crippen molar-refractivity contribution in [2.24, 2.45) is 0 Å². The topological polar surface area (TPSA) is 0 Å². The monoisotopic (exact) mass is 454 g/mol. The van der Waals surface area contributed by atoms with Crippen molar-refractivity contribution in [2.75, 3.05) is 0 Å². The molecule has 0 bridgehead atoms. The number of hydrogen-bond donors (Lipinski definition) is 0. The van der Waals surface area contributed by atoms with E-state index >= 15 is 0 Å². The van der Waals surface area contributed by atoms with Gasteiger partial charge in [-0.2, -0.15) is 0 Å². The molecule has 0 nitrogen and oxygen atoms in total. The Bertz CT molecular complexity index is 1120. The second-order valence-corrected chi connectivity index (χ2v) is 21.6. The minimum atomic E-state index is -1.43. The van der Waals surface area contributed by atoms with Gasteiger partial charge < -0.3 is 0 Å². The van der Waals surface area contributed by atoms with E-state index in [-0.39, 0.29) is 0 Å². The summed E-state index contributed by atoms with van der Waals surface area (Å²) in [6.07, 6.45) is 5.83. The third kappa shape index (κ3) is 4.62. The zero-order valence-corrected chi connectivity index (χ0v) is 23.0. The highest BCUT2D eigenvalue weighted by Gasteiger charge is 2.26. The van der Waals surface area contributed by atoms with Crippen molar-refractivity contribution in [3.05, 3.63) is 82.9 Å². The van der Waals surface area contributed by atoms with E-state index in [9.17, 15) is 0 Å². The van der Waals surface area contributed by atoms with Crippen LogP contribution in [0.2, 0.25) is 39.3 Å². The Labute approximate surface area is 197 Å². The summed E-state index contributed by atoms with van der Waals surface area (Å²) < 4.78 is 0. The molecule has 0 saturated heterocycles. The minimum absolute atomic E-state index is 1.04. The average Bonchev–Trinajstić information content (AvgIpc) is 3.17. The molecule has 2 heteroatoms. The quantitative estimate of drug-likeness (QED) is 0.338. The van der Waals surface area contributed by atoms with E-state index in [0.717, 1.165) is 12.8 Å². The molecule has 4 rings (SSSR count). The van der Waals surface area contributed by atoms with Crippen LogP contribution >= 0.6 is 0 Å². The van der Waals surface area contributed by atoms with Crippen molar-refractivity contribution in [1.82, 2.24) is 0 Å². The molecule has 0 N–H and O–H groups in total. The average molecular weight is 455 g/mol. The molecule has 0 fully saturated rings. The molecular formula is C30H38Si2. The molecule has 0 aromatic heterocycles. The van der Waals surface area contributed by atoms with Crippen molar-refractivity contribution >= 4 is 38.2 Å². The molecule has 0 amide bonds. The summed E-state index contributed by atoms with van der Waals surface area (Å²) in [5, 5.41) is 3.19. The first-order chi connectivity index (χ1) is 15.1. The molecule has 166 valence electrons. The molecule has 3 aromatic rings. The van der Waals surface area contributed by atoms with E-state index in [2.05, 4.69) is 113 Å². The lowest BCUT2D eigenvalue weighted by molar-refractivity contribution is 0.922. The van der Waals surface area contributed by atoms with E-state index in [1.807, 2.05) is 0 Å². The van der Waals surface area contributed by atoms with Gasteiger partial charge in [-0.3, -0.25) is 0 Å². The summed E-state index contributed by atoms with van der Waals surface area (Å²) in [5.41, 5.74) is 10.2. The number of aryl methyl sites for hydroxylation is 1. The molecule has 0 aliphatic heterocycles. The van der Waals surface area contributed by atoms with E-state index in [1.54, 1.807) is 10.4 Å². The molecular weight excluding hydrogens is 417 g/mol. The van der Waals surface area contributed by atoms with Gasteiger partial charge in [-0.05, 0) is 57.9 Å². The van der Waals surface area contributed by atoms with Crippen LogP contribution in [0.1, 0.15) is 35.6 Å². The third-order valence-electron chi connectivity index (χ3n) is 6.74. The Balaban J connectivity index is 1.97. The molecule has 0 atom stereocenters. The first-order valence-electron chi connectivity index (χ1n) is 12.1. The van der Waals surface area contributed by atoms with Crippen LogP contribution in [0.4, 0.5) is 0 Å². The van der Waals surface area contributed by atoms with E-state index < -0.39 is 16.1 Å². The van der Waals surface area contributed by atoms with Crippen LogP contribution in [0.3, 0.4) is 0 Å². The largest absolute Gasteiger partial charge is 0.0776 e. The SMILES string of the molecule is CCCc1ccc2c(c1-c1cc([Si](C)(C)C)cc([Si](C)(C)C)c1)C=C(c1ccccc1)C2. The highest BCUT2D eigenvalue weighted by atomic mass is 28.3. The fourth-order valence-corrected chi connectivity index (χ4v) is 7.25. The fraction of sp³-hybridized carbons (Fsp3) is 0.333. The van der Waals surface area contributed by atoms with Crippen LogP contribution in [0, 0.1) is 0 Å². The van der Waals surface area contributed by atoms with Gasteiger partial charge in [0.2, 0.25) is 0 Å². The summed E-state index contributed by atoms with van der Waals surface area (Å²) in [6, 6.07) is 23.3. The minimum Gasteiger partial charge on any atom is -0.0656 e. The Morgan fingerprint density at radius 3 is 1.91 bits per heavy atom. The van der Waals surface area contributed by atoms with Gasteiger partial charge in [-0.25, -0.2) is 0 Å². The standard InChI is InChI=1S/C30H38Si2/c1-8-12-23-15-16-24-17-25(22-13-10-9-11-14-22)20-29(24)30(23)26-18-27(31(2,3)4)21-28(19-26)32(5,6)7/h9-11,13-16,18-21H,8,12,17H2,1-7H3. The maximum atomic E-state index is 2.55. The van der Waals surface area contributed by atoms with Gasteiger partial charge in [0.05, 0.1) is 16.1 Å². The third-order valence-corrected chi connectivity index (χ3v) is 10.8. The van der Waals surface area contributed by atoms with Crippen molar-refractivity contribution in [1.29, 1.82) is 0 Å². The van der Waals surface area contributed by atoms with Gasteiger partial charge in [-0.1, -0.05) is 124 Å².